The number of carbonyl (C=O) groups excluding carboxylic acids is 2. The molecule has 9 nitrogen and oxygen atoms in total. The van der Waals surface area contributed by atoms with E-state index in [1.165, 1.54) is 30.6 Å². The summed E-state index contributed by atoms with van der Waals surface area (Å²) in [5.74, 6) is 0.728. The van der Waals surface area contributed by atoms with E-state index < -0.39 is 11.9 Å². The predicted molar refractivity (Wildman–Crippen MR) is 119 cm³/mol. The van der Waals surface area contributed by atoms with Gasteiger partial charge in [0.1, 0.15) is 17.5 Å². The summed E-state index contributed by atoms with van der Waals surface area (Å²) in [4.78, 5) is 33.6. The van der Waals surface area contributed by atoms with E-state index in [0.29, 0.717) is 44.6 Å². The number of aliphatic imine (C=N–C) groups is 2. The molecule has 31 heavy (non-hydrogen) atoms. The SMILES string of the molecule is C=CCn1c(SCC2=NC(=O)C3C(=N2)SC(C(=O)OC)=C3C)nnc1-c1ccoc1C. The topological polar surface area (TPSA) is 112 Å². The molecular weight excluding hydrogens is 438 g/mol. The van der Waals surface area contributed by atoms with Gasteiger partial charge in [0.25, 0.3) is 5.91 Å². The maximum absolute atomic E-state index is 12.6. The van der Waals surface area contributed by atoms with Crippen LogP contribution in [0.3, 0.4) is 0 Å². The summed E-state index contributed by atoms with van der Waals surface area (Å²) < 4.78 is 12.1. The first-order valence-electron chi connectivity index (χ1n) is 9.32. The molecule has 4 heterocycles. The number of thioether (sulfide) groups is 2. The zero-order valence-corrected chi connectivity index (χ0v) is 18.7. The van der Waals surface area contributed by atoms with Crippen molar-refractivity contribution >= 4 is 46.3 Å². The molecule has 0 saturated carbocycles. The lowest BCUT2D eigenvalue weighted by Gasteiger charge is -2.14. The molecule has 0 saturated heterocycles. The van der Waals surface area contributed by atoms with E-state index in [4.69, 9.17) is 9.15 Å². The van der Waals surface area contributed by atoms with Crippen molar-refractivity contribution in [2.75, 3.05) is 12.9 Å². The summed E-state index contributed by atoms with van der Waals surface area (Å²) in [6, 6.07) is 1.84. The maximum Gasteiger partial charge on any atom is 0.344 e. The minimum absolute atomic E-state index is 0.327. The molecule has 0 bridgehead atoms. The molecule has 4 rings (SSSR count). The predicted octanol–water partition coefficient (Wildman–Crippen LogP) is 3.27. The van der Waals surface area contributed by atoms with Crippen molar-refractivity contribution in [1.29, 1.82) is 0 Å². The number of rotatable bonds is 7. The van der Waals surface area contributed by atoms with Gasteiger partial charge in [0.05, 0.1) is 34.6 Å². The van der Waals surface area contributed by atoms with Crippen LogP contribution in [0.5, 0.6) is 0 Å². The average Bonchev–Trinajstić information content (AvgIpc) is 3.43. The molecule has 0 aromatic carbocycles. The van der Waals surface area contributed by atoms with Gasteiger partial charge >= 0.3 is 5.97 Å². The molecule has 0 N–H and O–H groups in total. The number of hydrogen-bond donors (Lipinski definition) is 0. The van der Waals surface area contributed by atoms with Crippen LogP contribution in [-0.2, 0) is 20.9 Å². The van der Waals surface area contributed by atoms with Gasteiger partial charge in [0, 0.05) is 6.54 Å². The van der Waals surface area contributed by atoms with Gasteiger partial charge in [0.15, 0.2) is 11.0 Å². The molecule has 2 aromatic rings. The summed E-state index contributed by atoms with van der Waals surface area (Å²) in [5.41, 5.74) is 1.48. The van der Waals surface area contributed by atoms with E-state index in [9.17, 15) is 9.59 Å². The number of hydrogen-bond acceptors (Lipinski definition) is 9. The van der Waals surface area contributed by atoms with Crippen LogP contribution in [0, 0.1) is 12.8 Å². The number of methoxy groups -OCH3 is 1. The van der Waals surface area contributed by atoms with E-state index in [0.717, 1.165) is 11.3 Å². The lowest BCUT2D eigenvalue weighted by molar-refractivity contribution is -0.135. The molecule has 11 heteroatoms. The molecule has 0 spiro atoms. The highest BCUT2D eigenvalue weighted by Gasteiger charge is 2.40. The fourth-order valence-corrected chi connectivity index (χ4v) is 5.28. The first kappa shape index (κ1) is 21.3. The standard InChI is InChI=1S/C20H19N5O4S2/c1-5-7-25-16(12-6-8-29-11(12)3)23-24-20(25)30-9-13-21-17(26)14-10(2)15(19(27)28-4)31-18(14)22-13/h5-6,8,14H,1,7,9H2,2-4H3. The quantitative estimate of drug-likeness (QED) is 0.354. The molecule has 2 aliphatic rings. The second-order valence-electron chi connectivity index (χ2n) is 6.74. The number of esters is 1. The number of nitrogens with zero attached hydrogens (tertiary/aromatic N) is 5. The van der Waals surface area contributed by atoms with Gasteiger partial charge in [-0.1, -0.05) is 29.6 Å². The minimum atomic E-state index is -0.604. The van der Waals surface area contributed by atoms with Gasteiger partial charge in [-0.2, -0.15) is 4.99 Å². The third-order valence-electron chi connectivity index (χ3n) is 4.80. The van der Waals surface area contributed by atoms with Gasteiger partial charge in [-0.25, -0.2) is 9.79 Å². The Hall–Kier alpha value is -2.92. The highest BCUT2D eigenvalue weighted by Crippen LogP contribution is 2.41. The normalized spacial score (nSPS) is 18.0. The summed E-state index contributed by atoms with van der Waals surface area (Å²) >= 11 is 2.54. The number of carbonyl (C=O) groups is 2. The molecule has 0 radical (unpaired) electrons. The monoisotopic (exact) mass is 457 g/mol. The van der Waals surface area contributed by atoms with Gasteiger partial charge in [-0.3, -0.25) is 9.36 Å². The van der Waals surface area contributed by atoms with Crippen molar-refractivity contribution in [3.8, 4) is 11.4 Å². The summed E-state index contributed by atoms with van der Waals surface area (Å²) in [5, 5.41) is 9.78. The van der Waals surface area contributed by atoms with Crippen LogP contribution in [0.2, 0.25) is 0 Å². The van der Waals surface area contributed by atoms with Gasteiger partial charge in [-0.15, -0.1) is 16.8 Å². The van der Waals surface area contributed by atoms with E-state index in [1.807, 2.05) is 17.6 Å². The fraction of sp³-hybridized carbons (Fsp3) is 0.300. The van der Waals surface area contributed by atoms with Crippen LogP contribution in [-0.4, -0.2) is 50.4 Å². The van der Waals surface area contributed by atoms with Crippen LogP contribution in [0.25, 0.3) is 11.4 Å². The lowest BCUT2D eigenvalue weighted by Crippen LogP contribution is -2.25. The van der Waals surface area contributed by atoms with Crippen LogP contribution in [0.4, 0.5) is 0 Å². The number of amides is 1. The number of ether oxygens (including phenoxy) is 1. The van der Waals surface area contributed by atoms with Crippen LogP contribution >= 0.6 is 23.5 Å². The Morgan fingerprint density at radius 1 is 1.39 bits per heavy atom. The molecule has 2 aliphatic heterocycles. The number of furan rings is 1. The average molecular weight is 458 g/mol. The Kier molecular flexibility index (Phi) is 5.96. The van der Waals surface area contributed by atoms with Gasteiger partial charge in [-0.05, 0) is 25.5 Å². The zero-order valence-electron chi connectivity index (χ0n) is 17.1. The molecule has 160 valence electrons. The number of aromatic nitrogens is 3. The number of aryl methyl sites for hydroxylation is 1. The smallest absolute Gasteiger partial charge is 0.344 e. The van der Waals surface area contributed by atoms with Crippen molar-refractivity contribution < 1.29 is 18.7 Å². The van der Waals surface area contributed by atoms with Crippen molar-refractivity contribution in [3.63, 3.8) is 0 Å². The Morgan fingerprint density at radius 3 is 2.87 bits per heavy atom. The van der Waals surface area contributed by atoms with Crippen LogP contribution in [0.15, 0.2) is 55.0 Å². The Balaban J connectivity index is 1.54. The van der Waals surface area contributed by atoms with E-state index in [2.05, 4.69) is 26.8 Å². The minimum Gasteiger partial charge on any atom is -0.469 e. The summed E-state index contributed by atoms with van der Waals surface area (Å²) in [7, 11) is 1.31. The van der Waals surface area contributed by atoms with Crippen molar-refractivity contribution in [2.24, 2.45) is 15.9 Å². The second-order valence-corrected chi connectivity index (χ2v) is 8.71. The third-order valence-corrected chi connectivity index (χ3v) is 6.99. The number of amidine groups is 1. The molecule has 0 fully saturated rings. The van der Waals surface area contributed by atoms with Gasteiger partial charge < -0.3 is 9.15 Å². The maximum atomic E-state index is 12.6. The second kappa shape index (κ2) is 8.67. The molecule has 1 atom stereocenters. The zero-order chi connectivity index (χ0) is 22.1. The highest BCUT2D eigenvalue weighted by atomic mass is 32.2. The summed E-state index contributed by atoms with van der Waals surface area (Å²) in [6.45, 7) is 7.92. The third kappa shape index (κ3) is 3.90. The molecule has 1 unspecified atom stereocenters. The van der Waals surface area contributed by atoms with Crippen molar-refractivity contribution in [2.45, 2.75) is 25.5 Å². The highest BCUT2D eigenvalue weighted by molar-refractivity contribution is 8.18. The molecular formula is C20H19N5O4S2. The van der Waals surface area contributed by atoms with Crippen LogP contribution in [0.1, 0.15) is 12.7 Å². The fourth-order valence-electron chi connectivity index (χ4n) is 3.28. The molecule has 0 aliphatic carbocycles. The van der Waals surface area contributed by atoms with E-state index in [-0.39, 0.29) is 5.91 Å². The number of allylic oxidation sites excluding steroid dienone is 1. The largest absolute Gasteiger partial charge is 0.469 e. The molecule has 1 amide bonds. The van der Waals surface area contributed by atoms with E-state index >= 15 is 0 Å². The van der Waals surface area contributed by atoms with E-state index in [1.54, 1.807) is 19.3 Å². The molecule has 2 aromatic heterocycles. The lowest BCUT2D eigenvalue weighted by atomic mass is 10.00. The first-order chi connectivity index (χ1) is 14.9. The Morgan fingerprint density at radius 2 is 2.19 bits per heavy atom. The van der Waals surface area contributed by atoms with Crippen LogP contribution < -0.4 is 0 Å². The van der Waals surface area contributed by atoms with Crippen molar-refractivity contribution in [3.05, 3.63) is 41.2 Å². The van der Waals surface area contributed by atoms with Crippen molar-refractivity contribution in [1.82, 2.24) is 14.8 Å². The summed E-state index contributed by atoms with van der Waals surface area (Å²) in [6.07, 6.45) is 3.37. The Bertz CT molecular complexity index is 1170. The number of fused-ring (bicyclic) bond motifs is 1. The van der Waals surface area contributed by atoms with Gasteiger partial charge in [0.2, 0.25) is 0 Å². The first-order valence-corrected chi connectivity index (χ1v) is 11.1. The Labute approximate surface area is 186 Å².